The molecule has 0 radical (unpaired) electrons. The fraction of sp³-hybridized carbons (Fsp3) is 0.944. The van der Waals surface area contributed by atoms with Crippen LogP contribution >= 0.6 is 0 Å². The second-order valence-corrected chi connectivity index (χ2v) is 9.70. The van der Waals surface area contributed by atoms with Crippen LogP contribution in [0.2, 0.25) is 0 Å². The summed E-state index contributed by atoms with van der Waals surface area (Å²) < 4.78 is 0. The van der Waals surface area contributed by atoms with E-state index in [9.17, 15) is 4.79 Å². The Morgan fingerprint density at radius 1 is 1.24 bits per heavy atom. The molecular weight excluding hydrogens is 260 g/mol. The van der Waals surface area contributed by atoms with E-state index in [1.807, 2.05) is 0 Å². The lowest BCUT2D eigenvalue weighted by Crippen LogP contribution is -2.59. The Morgan fingerprint density at radius 2 is 1.81 bits per heavy atom. The van der Waals surface area contributed by atoms with E-state index in [1.165, 1.54) is 19.5 Å². The lowest BCUT2D eigenvalue weighted by molar-refractivity contribution is -0.123. The minimum Gasteiger partial charge on any atom is -0.355 e. The minimum atomic E-state index is 0.170. The van der Waals surface area contributed by atoms with Gasteiger partial charge in [0.2, 0.25) is 5.91 Å². The number of rotatable bonds is 5. The Kier molecular flexibility index (Phi) is 4.20. The molecule has 122 valence electrons. The van der Waals surface area contributed by atoms with Crippen LogP contribution in [-0.4, -0.2) is 37.5 Å². The third-order valence-corrected chi connectivity index (χ3v) is 5.70. The Morgan fingerprint density at radius 3 is 2.29 bits per heavy atom. The number of hydrogen-bond acceptors (Lipinski definition) is 2. The van der Waals surface area contributed by atoms with E-state index in [0.29, 0.717) is 16.7 Å². The Balaban J connectivity index is 1.80. The molecule has 2 rings (SSSR count). The Labute approximate surface area is 130 Å². The number of nitrogens with one attached hydrogen (secondary N) is 1. The topological polar surface area (TPSA) is 32.3 Å². The van der Waals surface area contributed by atoms with Crippen LogP contribution in [0.15, 0.2) is 0 Å². The molecule has 2 atom stereocenters. The Bertz CT molecular complexity index is 402. The van der Waals surface area contributed by atoms with Crippen molar-refractivity contribution in [3.8, 4) is 0 Å². The average Bonchev–Trinajstić information content (AvgIpc) is 3.01. The Hall–Kier alpha value is -0.570. The molecule has 0 aromatic rings. The van der Waals surface area contributed by atoms with E-state index in [-0.39, 0.29) is 17.2 Å². The first-order chi connectivity index (χ1) is 9.44. The first-order valence-corrected chi connectivity index (χ1v) is 8.40. The summed E-state index contributed by atoms with van der Waals surface area (Å²) >= 11 is 0. The predicted octanol–water partition coefficient (Wildman–Crippen LogP) is 3.15. The molecule has 0 aromatic heterocycles. The van der Waals surface area contributed by atoms with Crippen molar-refractivity contribution in [2.24, 2.45) is 28.1 Å². The summed E-state index contributed by atoms with van der Waals surface area (Å²) in [5.41, 5.74) is 0.906. The second-order valence-electron chi connectivity index (χ2n) is 9.70. The van der Waals surface area contributed by atoms with E-state index in [0.717, 1.165) is 13.0 Å². The van der Waals surface area contributed by atoms with Gasteiger partial charge in [-0.2, -0.15) is 0 Å². The van der Waals surface area contributed by atoms with Crippen LogP contribution in [0, 0.1) is 28.1 Å². The number of nitrogens with zero attached hydrogens (tertiary/aromatic N) is 1. The van der Waals surface area contributed by atoms with Crippen LogP contribution in [0.3, 0.4) is 0 Å². The molecule has 1 saturated heterocycles. The molecule has 1 aliphatic heterocycles. The van der Waals surface area contributed by atoms with Crippen molar-refractivity contribution < 1.29 is 4.79 Å². The smallest absolute Gasteiger partial charge is 0.223 e. The van der Waals surface area contributed by atoms with Gasteiger partial charge in [0.15, 0.2) is 0 Å². The predicted molar refractivity (Wildman–Crippen MR) is 88.1 cm³/mol. The van der Waals surface area contributed by atoms with E-state index in [2.05, 4.69) is 58.8 Å². The van der Waals surface area contributed by atoms with Crippen molar-refractivity contribution in [3.63, 3.8) is 0 Å². The van der Waals surface area contributed by atoms with Gasteiger partial charge in [0, 0.05) is 25.6 Å². The molecular formula is C18H34N2O. The largest absolute Gasteiger partial charge is 0.355 e. The van der Waals surface area contributed by atoms with Gasteiger partial charge < -0.3 is 10.2 Å². The number of likely N-dealkylation sites (tertiary alicyclic amines) is 1. The monoisotopic (exact) mass is 294 g/mol. The highest BCUT2D eigenvalue weighted by Crippen LogP contribution is 2.54. The number of amides is 1. The van der Waals surface area contributed by atoms with Crippen LogP contribution in [0.1, 0.15) is 54.4 Å². The normalized spacial score (nSPS) is 28.9. The van der Waals surface area contributed by atoms with Crippen LogP contribution in [0.4, 0.5) is 0 Å². The molecule has 1 saturated carbocycles. The molecule has 0 spiro atoms. The second kappa shape index (κ2) is 5.26. The van der Waals surface area contributed by atoms with Gasteiger partial charge in [-0.05, 0) is 42.1 Å². The van der Waals surface area contributed by atoms with Gasteiger partial charge in [0.1, 0.15) is 0 Å². The lowest BCUT2D eigenvalue weighted by atomic mass is 9.60. The molecule has 3 nitrogen and oxygen atoms in total. The van der Waals surface area contributed by atoms with Crippen molar-refractivity contribution in [3.05, 3.63) is 0 Å². The molecule has 2 aliphatic rings. The first kappa shape index (κ1) is 16.8. The quantitative estimate of drug-likeness (QED) is 0.845. The minimum absolute atomic E-state index is 0.170. The highest BCUT2D eigenvalue weighted by molar-refractivity contribution is 5.81. The van der Waals surface area contributed by atoms with E-state index < -0.39 is 0 Å². The highest BCUT2D eigenvalue weighted by Gasteiger charge is 2.53. The van der Waals surface area contributed by atoms with Gasteiger partial charge in [-0.15, -0.1) is 0 Å². The van der Waals surface area contributed by atoms with Crippen LogP contribution in [-0.2, 0) is 4.79 Å². The van der Waals surface area contributed by atoms with Gasteiger partial charge in [0.05, 0.1) is 0 Å². The number of hydrogen-bond donors (Lipinski definition) is 1. The van der Waals surface area contributed by atoms with Crippen LogP contribution in [0.25, 0.3) is 0 Å². The van der Waals surface area contributed by atoms with Crippen LogP contribution < -0.4 is 5.32 Å². The summed E-state index contributed by atoms with van der Waals surface area (Å²) in [6.07, 6.45) is 2.27. The summed E-state index contributed by atoms with van der Waals surface area (Å²) in [6, 6.07) is 0. The summed E-state index contributed by atoms with van der Waals surface area (Å²) in [7, 11) is 2.19. The fourth-order valence-corrected chi connectivity index (χ4v) is 3.75. The molecule has 2 fully saturated rings. The van der Waals surface area contributed by atoms with Crippen LogP contribution in [0.5, 0.6) is 0 Å². The molecule has 1 heterocycles. The van der Waals surface area contributed by atoms with E-state index in [4.69, 9.17) is 0 Å². The SMILES string of the molecule is CN1CC(C)(C(C)(C)CC2CC2C(=O)NCC(C)(C)C)C1. The standard InChI is InChI=1S/C18H34N2O/c1-16(2,3)10-19-15(21)14-8-13(14)9-17(4,5)18(6)11-20(7)12-18/h13-14H,8-12H2,1-7H3,(H,19,21). The van der Waals surface area contributed by atoms with Gasteiger partial charge >= 0.3 is 0 Å². The summed E-state index contributed by atoms with van der Waals surface area (Å²) in [4.78, 5) is 14.6. The van der Waals surface area contributed by atoms with Crippen molar-refractivity contribution in [2.45, 2.75) is 54.4 Å². The maximum Gasteiger partial charge on any atom is 0.223 e. The first-order valence-electron chi connectivity index (χ1n) is 8.40. The molecule has 21 heavy (non-hydrogen) atoms. The molecule has 0 bridgehead atoms. The lowest BCUT2D eigenvalue weighted by Gasteiger charge is -2.56. The average molecular weight is 294 g/mol. The fourth-order valence-electron chi connectivity index (χ4n) is 3.75. The van der Waals surface area contributed by atoms with Gasteiger partial charge in [-0.3, -0.25) is 4.79 Å². The van der Waals surface area contributed by atoms with Gasteiger partial charge in [0.25, 0.3) is 0 Å². The van der Waals surface area contributed by atoms with E-state index in [1.54, 1.807) is 0 Å². The number of carbonyl (C=O) groups excluding carboxylic acids is 1. The zero-order chi connectivity index (χ0) is 16.1. The molecule has 0 aromatic carbocycles. The molecule has 1 amide bonds. The van der Waals surface area contributed by atoms with Crippen molar-refractivity contribution in [2.75, 3.05) is 26.7 Å². The van der Waals surface area contributed by atoms with Crippen molar-refractivity contribution >= 4 is 5.91 Å². The third-order valence-electron chi connectivity index (χ3n) is 5.70. The van der Waals surface area contributed by atoms with E-state index >= 15 is 0 Å². The third kappa shape index (κ3) is 3.80. The molecule has 1 N–H and O–H groups in total. The van der Waals surface area contributed by atoms with Crippen molar-refractivity contribution in [1.82, 2.24) is 10.2 Å². The molecule has 1 aliphatic carbocycles. The highest BCUT2D eigenvalue weighted by atomic mass is 16.2. The maximum atomic E-state index is 12.2. The van der Waals surface area contributed by atoms with Gasteiger partial charge in [-0.25, -0.2) is 0 Å². The summed E-state index contributed by atoms with van der Waals surface area (Å²) in [5, 5.41) is 3.13. The maximum absolute atomic E-state index is 12.2. The number of carbonyl (C=O) groups is 1. The molecule has 2 unspecified atom stereocenters. The van der Waals surface area contributed by atoms with Gasteiger partial charge in [-0.1, -0.05) is 41.5 Å². The zero-order valence-electron chi connectivity index (χ0n) is 15.0. The summed E-state index contributed by atoms with van der Waals surface area (Å²) in [5.74, 6) is 1.15. The molecule has 3 heteroatoms. The summed E-state index contributed by atoms with van der Waals surface area (Å²) in [6.45, 7) is 16.8. The zero-order valence-corrected chi connectivity index (χ0v) is 15.0. The van der Waals surface area contributed by atoms with Crippen molar-refractivity contribution in [1.29, 1.82) is 0 Å².